The van der Waals surface area contributed by atoms with E-state index in [0.29, 0.717) is 29.9 Å². The molecule has 9 nitrogen and oxygen atoms in total. The van der Waals surface area contributed by atoms with Gasteiger partial charge < -0.3 is 30.3 Å². The van der Waals surface area contributed by atoms with Crippen molar-refractivity contribution in [3.05, 3.63) is 58.1 Å². The summed E-state index contributed by atoms with van der Waals surface area (Å²) in [6, 6.07) is 12.2. The van der Waals surface area contributed by atoms with Crippen LogP contribution in [0.1, 0.15) is 107 Å². The van der Waals surface area contributed by atoms with Crippen molar-refractivity contribution in [2.45, 2.75) is 109 Å². The number of halogens is 1. The zero-order chi connectivity index (χ0) is 39.2. The molecule has 0 aromatic heterocycles. The number of aryl methyl sites for hydroxylation is 1. The largest absolute Gasteiger partial charge is 0.490 e. The maximum atomic E-state index is 13.6. The van der Waals surface area contributed by atoms with E-state index >= 15 is 0 Å². The number of amides is 1. The Kier molecular flexibility index (Phi) is 14.7. The van der Waals surface area contributed by atoms with E-state index in [1.165, 1.54) is 24.0 Å². The first-order valence-electron chi connectivity index (χ1n) is 21.2. The fourth-order valence-corrected chi connectivity index (χ4v) is 10.9. The molecule has 7 atom stereocenters. The molecular weight excluding hydrogens is 730 g/mol. The lowest BCUT2D eigenvalue weighted by atomic mass is 9.65. The number of benzene rings is 2. The summed E-state index contributed by atoms with van der Waals surface area (Å²) in [5.41, 5.74) is 4.05. The lowest BCUT2D eigenvalue weighted by Crippen LogP contribution is -2.50. The van der Waals surface area contributed by atoms with Crippen LogP contribution in [0.5, 0.6) is 5.75 Å². The Balaban J connectivity index is 1.28. The number of aliphatic hydroxyl groups excluding tert-OH is 1. The number of carbonyl (C=O) groups is 1. The van der Waals surface area contributed by atoms with Crippen molar-refractivity contribution in [3.63, 3.8) is 0 Å². The Hall–Kier alpha value is -2.21. The predicted molar refractivity (Wildman–Crippen MR) is 227 cm³/mol. The average molecular weight is 799 g/mol. The molecule has 1 fully saturated rings. The highest BCUT2D eigenvalue weighted by Crippen LogP contribution is 2.48. The van der Waals surface area contributed by atoms with Crippen molar-refractivity contribution in [2.24, 2.45) is 23.7 Å². The van der Waals surface area contributed by atoms with Gasteiger partial charge in [-0.3, -0.25) is 9.52 Å². The van der Waals surface area contributed by atoms with E-state index in [2.05, 4.69) is 65.0 Å². The molecule has 2 aromatic carbocycles. The molecule has 0 radical (unpaired) electrons. The van der Waals surface area contributed by atoms with Gasteiger partial charge >= 0.3 is 0 Å². The second kappa shape index (κ2) is 19.0. The number of ether oxygens (including phenoxy) is 1. The van der Waals surface area contributed by atoms with Crippen molar-refractivity contribution in [3.8, 4) is 5.75 Å². The summed E-state index contributed by atoms with van der Waals surface area (Å²) in [5.74, 6) is 2.37. The van der Waals surface area contributed by atoms with Gasteiger partial charge in [0.05, 0.1) is 17.5 Å². The zero-order valence-electron chi connectivity index (χ0n) is 34.1. The smallest absolute Gasteiger partial charge is 0.263 e. The highest BCUT2D eigenvalue weighted by Gasteiger charge is 2.45. The third-order valence-electron chi connectivity index (χ3n) is 13.1. The second-order valence-corrected chi connectivity index (χ2v) is 20.2. The molecule has 0 saturated heterocycles. The normalized spacial score (nSPS) is 28.8. The lowest BCUT2D eigenvalue weighted by molar-refractivity contribution is 0.0671. The zero-order valence-corrected chi connectivity index (χ0v) is 35.7. The van der Waals surface area contributed by atoms with Crippen LogP contribution in [-0.4, -0.2) is 96.5 Å². The fourth-order valence-electron chi connectivity index (χ4n) is 9.62. The Morgan fingerprint density at radius 3 is 2.65 bits per heavy atom. The molecule has 1 amide bonds. The molecule has 4 N–H and O–H groups in total. The summed E-state index contributed by atoms with van der Waals surface area (Å²) in [7, 11) is -1.50. The van der Waals surface area contributed by atoms with Crippen LogP contribution in [0.2, 0.25) is 5.02 Å². The van der Waals surface area contributed by atoms with Gasteiger partial charge in [-0.15, -0.1) is 0 Å². The minimum Gasteiger partial charge on any atom is -0.490 e. The van der Waals surface area contributed by atoms with Crippen molar-refractivity contribution in [2.75, 3.05) is 70.5 Å². The molecule has 2 aliphatic carbocycles. The van der Waals surface area contributed by atoms with E-state index in [-0.39, 0.29) is 34.6 Å². The number of fused-ring (bicyclic) bond motifs is 4. The molecule has 6 rings (SSSR count). The molecule has 2 heterocycles. The molecule has 2 aromatic rings. The van der Waals surface area contributed by atoms with Crippen molar-refractivity contribution in [1.82, 2.24) is 20.3 Å². The van der Waals surface area contributed by atoms with Crippen LogP contribution < -0.4 is 25.0 Å². The van der Waals surface area contributed by atoms with Crippen LogP contribution in [0.25, 0.3) is 0 Å². The van der Waals surface area contributed by atoms with Gasteiger partial charge in [0, 0.05) is 80.5 Å². The summed E-state index contributed by atoms with van der Waals surface area (Å²) < 4.78 is 23.2. The number of carbonyl (C=O) groups excluding carboxylic acids is 1. The lowest BCUT2D eigenvalue weighted by Gasteiger charge is -2.47. The molecule has 1 spiro atoms. The van der Waals surface area contributed by atoms with Gasteiger partial charge in [-0.1, -0.05) is 31.0 Å². The maximum Gasteiger partial charge on any atom is 0.263 e. The molecule has 1 saturated carbocycles. The minimum absolute atomic E-state index is 0.108. The number of anilines is 1. The van der Waals surface area contributed by atoms with Gasteiger partial charge in [0.2, 0.25) is 0 Å². The molecule has 2 aliphatic heterocycles. The number of nitrogens with one attached hydrogen (secondary N) is 3. The fraction of sp³-hybridized carbons (Fsp3) is 0.705. The van der Waals surface area contributed by atoms with Gasteiger partial charge in [-0.25, -0.2) is 4.21 Å². The van der Waals surface area contributed by atoms with E-state index in [1.807, 2.05) is 31.2 Å². The number of nitrogens with zero attached hydrogens (tertiary/aromatic N) is 2. The van der Waals surface area contributed by atoms with Gasteiger partial charge in [-0.2, -0.15) is 0 Å². The monoisotopic (exact) mass is 797 g/mol. The van der Waals surface area contributed by atoms with E-state index in [0.717, 1.165) is 114 Å². The van der Waals surface area contributed by atoms with Gasteiger partial charge in [0.25, 0.3) is 5.91 Å². The first kappa shape index (κ1) is 42.4. The number of aliphatic hydroxyl groups is 1. The van der Waals surface area contributed by atoms with Gasteiger partial charge in [0.1, 0.15) is 16.7 Å². The van der Waals surface area contributed by atoms with E-state index in [9.17, 15) is 14.1 Å². The van der Waals surface area contributed by atoms with Crippen LogP contribution in [0.4, 0.5) is 5.69 Å². The SMILES string of the molecule is CC1CCC[C@@H](CN(CCCO)CCNCCNC(C)(C)C)C2CCC2CN2C[C@@]3(CCCc4cc(Cl)ccc43)COc3ccc(cc32)C(=O)NS(=O)C1C. The van der Waals surface area contributed by atoms with E-state index < -0.39 is 11.0 Å². The molecule has 4 aliphatic rings. The topological polar surface area (TPSA) is 106 Å². The minimum atomic E-state index is -1.50. The maximum absolute atomic E-state index is 13.6. The third-order valence-corrected chi connectivity index (χ3v) is 14.9. The quantitative estimate of drug-likeness (QED) is 0.186. The van der Waals surface area contributed by atoms with Gasteiger partial charge in [-0.05, 0) is 144 Å². The summed E-state index contributed by atoms with van der Waals surface area (Å²) >= 11 is 6.52. The van der Waals surface area contributed by atoms with Crippen LogP contribution in [0, 0.1) is 23.7 Å². The Morgan fingerprint density at radius 2 is 1.89 bits per heavy atom. The number of hydrogen-bond donors (Lipinski definition) is 4. The summed E-state index contributed by atoms with van der Waals surface area (Å²) in [6.07, 6.45) is 9.49. The Morgan fingerprint density at radius 1 is 1.05 bits per heavy atom. The van der Waals surface area contributed by atoms with Crippen molar-refractivity contribution >= 4 is 34.2 Å². The number of rotatable bonds is 11. The third kappa shape index (κ3) is 10.8. The van der Waals surface area contributed by atoms with Gasteiger partial charge in [0.15, 0.2) is 0 Å². The first-order valence-corrected chi connectivity index (χ1v) is 22.8. The van der Waals surface area contributed by atoms with E-state index in [4.69, 9.17) is 16.3 Å². The summed E-state index contributed by atoms with van der Waals surface area (Å²) in [5, 5.41) is 17.7. The van der Waals surface area contributed by atoms with Crippen LogP contribution in [-0.2, 0) is 22.8 Å². The average Bonchev–Trinajstić information content (AvgIpc) is 3.28. The molecule has 306 valence electrons. The van der Waals surface area contributed by atoms with E-state index in [1.54, 1.807) is 0 Å². The van der Waals surface area contributed by atoms with Crippen LogP contribution in [0.3, 0.4) is 0 Å². The van der Waals surface area contributed by atoms with Crippen LogP contribution >= 0.6 is 11.6 Å². The second-order valence-electron chi connectivity index (χ2n) is 18.2. The molecule has 11 heteroatoms. The number of hydrogen-bond acceptors (Lipinski definition) is 8. The highest BCUT2D eigenvalue weighted by molar-refractivity contribution is 7.84. The van der Waals surface area contributed by atoms with Crippen molar-refractivity contribution < 1.29 is 18.8 Å². The standard InChI is InChI=1S/C44H68ClN5O4S/c1-31-9-6-10-35(27-49(22-8-24-51)23-21-46-19-20-47-43(3,4)5)38-15-12-36(38)28-50-29-44(18-7-11-33-25-37(45)14-16-39(33)44)30-54-41-17-13-34(26-40(41)50)42(52)48-55(53)32(31)2/h13-14,16-17,25-26,31-32,35-36,38,46-47,51H,6-12,15,18-24,27-30H2,1-5H3,(H,48,52)/t31?,32?,35-,36?,38?,44-,55?/m0/s1. The highest BCUT2D eigenvalue weighted by atomic mass is 35.5. The Labute approximate surface area is 338 Å². The Bertz CT molecular complexity index is 1620. The molecule has 5 unspecified atom stereocenters. The molecule has 2 bridgehead atoms. The first-order chi connectivity index (χ1) is 26.4. The van der Waals surface area contributed by atoms with Crippen LogP contribution in [0.15, 0.2) is 36.4 Å². The summed E-state index contributed by atoms with van der Waals surface area (Å²) in [4.78, 5) is 18.8. The molecular formula is C44H68ClN5O4S. The van der Waals surface area contributed by atoms with Crippen molar-refractivity contribution in [1.29, 1.82) is 0 Å². The summed E-state index contributed by atoms with van der Waals surface area (Å²) in [6.45, 7) is 18.9. The molecule has 55 heavy (non-hydrogen) atoms. The predicted octanol–water partition coefficient (Wildman–Crippen LogP) is 6.72.